The van der Waals surface area contributed by atoms with E-state index < -0.39 is 0 Å². The van der Waals surface area contributed by atoms with Crippen molar-refractivity contribution in [3.63, 3.8) is 0 Å². The molecule has 0 amide bonds. The van der Waals surface area contributed by atoms with Crippen molar-refractivity contribution in [2.75, 3.05) is 0 Å². The Hall–Kier alpha value is -0.980. The lowest BCUT2D eigenvalue weighted by Gasteiger charge is -1.97. The Morgan fingerprint density at radius 1 is 1.44 bits per heavy atom. The van der Waals surface area contributed by atoms with Crippen LogP contribution in [0.1, 0.15) is 11.1 Å². The van der Waals surface area contributed by atoms with Crippen LogP contribution in [0.25, 0.3) is 0 Å². The van der Waals surface area contributed by atoms with Gasteiger partial charge in [-0.2, -0.15) is 0 Å². The normalized spacial score (nSPS) is 9.56. The third-order valence-corrected chi connectivity index (χ3v) is 1.26. The highest BCUT2D eigenvalue weighted by molar-refractivity contribution is 5.35. The van der Waals surface area contributed by atoms with Gasteiger partial charge in [-0.15, -0.1) is 0 Å². The first kappa shape index (κ1) is 6.14. The second-order valence-electron chi connectivity index (χ2n) is 2.12. The van der Waals surface area contributed by atoms with Crippen LogP contribution in [0.15, 0.2) is 18.2 Å². The minimum absolute atomic E-state index is 0.336. The lowest BCUT2D eigenvalue weighted by Crippen LogP contribution is -1.75. The lowest BCUT2D eigenvalue weighted by atomic mass is 10.1. The van der Waals surface area contributed by atoms with E-state index in [0.29, 0.717) is 5.75 Å². The molecule has 1 N–H and O–H groups in total. The van der Waals surface area contributed by atoms with Crippen molar-refractivity contribution in [1.29, 1.82) is 0 Å². The number of hydrogen-bond donors (Lipinski definition) is 1. The molecule has 47 valence electrons. The molecule has 0 bridgehead atoms. The van der Waals surface area contributed by atoms with Crippen molar-refractivity contribution < 1.29 is 5.11 Å². The van der Waals surface area contributed by atoms with E-state index in [0.717, 1.165) is 11.1 Å². The lowest BCUT2D eigenvalue weighted by molar-refractivity contribution is 0.471. The highest BCUT2D eigenvalue weighted by atomic mass is 16.3. The van der Waals surface area contributed by atoms with Gasteiger partial charge in [-0.05, 0) is 31.0 Å². The number of benzene rings is 1. The van der Waals surface area contributed by atoms with E-state index >= 15 is 0 Å². The Kier molecular flexibility index (Phi) is 1.43. The smallest absolute Gasteiger partial charge is 0.118 e. The van der Waals surface area contributed by atoms with Crippen LogP contribution >= 0.6 is 0 Å². The molecule has 0 fully saturated rings. The Morgan fingerprint density at radius 2 is 2.11 bits per heavy atom. The molecule has 0 unspecified atom stereocenters. The van der Waals surface area contributed by atoms with E-state index in [1.807, 2.05) is 13.0 Å². The summed E-state index contributed by atoms with van der Waals surface area (Å²) in [6, 6.07) is 5.27. The summed E-state index contributed by atoms with van der Waals surface area (Å²) in [6.45, 7) is 5.56. The SMILES string of the molecule is [CH2]c1ccc(O)c(C)c1. The third-order valence-electron chi connectivity index (χ3n) is 1.26. The number of phenols is 1. The van der Waals surface area contributed by atoms with Gasteiger partial charge >= 0.3 is 0 Å². The summed E-state index contributed by atoms with van der Waals surface area (Å²) in [6.07, 6.45) is 0. The topological polar surface area (TPSA) is 20.2 Å². The Morgan fingerprint density at radius 3 is 2.56 bits per heavy atom. The summed E-state index contributed by atoms with van der Waals surface area (Å²) in [5.41, 5.74) is 1.81. The summed E-state index contributed by atoms with van der Waals surface area (Å²) in [4.78, 5) is 0. The van der Waals surface area contributed by atoms with Crippen molar-refractivity contribution in [2.24, 2.45) is 0 Å². The van der Waals surface area contributed by atoms with Gasteiger partial charge in [-0.25, -0.2) is 0 Å². The quantitative estimate of drug-likeness (QED) is 0.555. The van der Waals surface area contributed by atoms with Crippen molar-refractivity contribution in [3.8, 4) is 5.75 Å². The predicted octanol–water partition coefficient (Wildman–Crippen LogP) is 1.88. The van der Waals surface area contributed by atoms with Gasteiger partial charge in [0.2, 0.25) is 0 Å². The second-order valence-corrected chi connectivity index (χ2v) is 2.12. The molecule has 0 aliphatic rings. The van der Waals surface area contributed by atoms with Crippen LogP contribution in [-0.2, 0) is 0 Å². The molecule has 0 aromatic heterocycles. The molecular formula is C8H9O. The number of rotatable bonds is 0. The molecule has 1 nitrogen and oxygen atoms in total. The van der Waals surface area contributed by atoms with E-state index in [2.05, 4.69) is 6.92 Å². The van der Waals surface area contributed by atoms with Gasteiger partial charge in [0.15, 0.2) is 0 Å². The van der Waals surface area contributed by atoms with E-state index in [-0.39, 0.29) is 0 Å². The Labute approximate surface area is 55.0 Å². The van der Waals surface area contributed by atoms with Gasteiger partial charge in [0.25, 0.3) is 0 Å². The Balaban J connectivity index is 3.17. The molecule has 1 rings (SSSR count). The van der Waals surface area contributed by atoms with E-state index in [4.69, 9.17) is 5.11 Å². The molecule has 0 atom stereocenters. The summed E-state index contributed by atoms with van der Waals surface area (Å²) in [7, 11) is 0. The Bertz CT molecular complexity index is 216. The first-order valence-electron chi connectivity index (χ1n) is 2.82. The van der Waals surface area contributed by atoms with E-state index in [1.54, 1.807) is 12.1 Å². The number of phenolic OH excluding ortho intramolecular Hbond substituents is 1. The molecular weight excluding hydrogens is 112 g/mol. The van der Waals surface area contributed by atoms with Crippen LogP contribution in [0.3, 0.4) is 0 Å². The molecule has 0 saturated carbocycles. The van der Waals surface area contributed by atoms with Crippen molar-refractivity contribution in [2.45, 2.75) is 6.92 Å². The zero-order valence-corrected chi connectivity index (χ0v) is 5.39. The predicted molar refractivity (Wildman–Crippen MR) is 37.3 cm³/mol. The van der Waals surface area contributed by atoms with Crippen LogP contribution in [0, 0.1) is 13.8 Å². The fraction of sp³-hybridized carbons (Fsp3) is 0.125. The van der Waals surface area contributed by atoms with Gasteiger partial charge < -0.3 is 5.11 Å². The molecule has 0 aliphatic carbocycles. The molecule has 1 aromatic rings. The molecule has 9 heavy (non-hydrogen) atoms. The zero-order chi connectivity index (χ0) is 6.85. The van der Waals surface area contributed by atoms with Gasteiger partial charge in [-0.1, -0.05) is 12.1 Å². The summed E-state index contributed by atoms with van der Waals surface area (Å²) in [5.74, 6) is 0.336. The minimum atomic E-state index is 0.336. The molecule has 0 heterocycles. The number of aromatic hydroxyl groups is 1. The van der Waals surface area contributed by atoms with E-state index in [9.17, 15) is 0 Å². The molecule has 1 heteroatoms. The maximum absolute atomic E-state index is 9.02. The van der Waals surface area contributed by atoms with Gasteiger partial charge in [0.1, 0.15) is 5.75 Å². The van der Waals surface area contributed by atoms with Crippen molar-refractivity contribution >= 4 is 0 Å². The maximum atomic E-state index is 9.02. The molecule has 1 radical (unpaired) electrons. The van der Waals surface area contributed by atoms with Gasteiger partial charge in [0, 0.05) is 0 Å². The minimum Gasteiger partial charge on any atom is -0.508 e. The molecule has 0 saturated heterocycles. The fourth-order valence-electron chi connectivity index (χ4n) is 0.718. The number of aryl methyl sites for hydroxylation is 1. The average Bonchev–Trinajstić information content (AvgIpc) is 1.80. The summed E-state index contributed by atoms with van der Waals surface area (Å²) < 4.78 is 0. The molecule has 1 aromatic carbocycles. The van der Waals surface area contributed by atoms with Crippen LogP contribution in [-0.4, -0.2) is 5.11 Å². The largest absolute Gasteiger partial charge is 0.508 e. The standard InChI is InChI=1S/C8H9O/c1-6-3-4-8(9)7(2)5-6/h3-5,9H,1H2,2H3. The first-order chi connectivity index (χ1) is 4.20. The average molecular weight is 121 g/mol. The van der Waals surface area contributed by atoms with Gasteiger partial charge in [0.05, 0.1) is 0 Å². The molecule has 0 aliphatic heterocycles. The van der Waals surface area contributed by atoms with E-state index in [1.165, 1.54) is 0 Å². The first-order valence-corrected chi connectivity index (χ1v) is 2.82. The maximum Gasteiger partial charge on any atom is 0.118 e. The van der Waals surface area contributed by atoms with Crippen molar-refractivity contribution in [1.82, 2.24) is 0 Å². The van der Waals surface area contributed by atoms with Gasteiger partial charge in [-0.3, -0.25) is 0 Å². The highest BCUT2D eigenvalue weighted by Crippen LogP contribution is 2.15. The van der Waals surface area contributed by atoms with Crippen LogP contribution in [0.4, 0.5) is 0 Å². The second kappa shape index (κ2) is 2.09. The molecule has 0 spiro atoms. The third kappa shape index (κ3) is 1.22. The highest BCUT2D eigenvalue weighted by Gasteiger charge is 1.91. The zero-order valence-electron chi connectivity index (χ0n) is 5.39. The van der Waals surface area contributed by atoms with Crippen molar-refractivity contribution in [3.05, 3.63) is 36.2 Å². The van der Waals surface area contributed by atoms with Crippen LogP contribution in [0.5, 0.6) is 5.75 Å². The fourth-order valence-corrected chi connectivity index (χ4v) is 0.718. The summed E-state index contributed by atoms with van der Waals surface area (Å²) >= 11 is 0. The monoisotopic (exact) mass is 121 g/mol. The van der Waals surface area contributed by atoms with Crippen LogP contribution in [0.2, 0.25) is 0 Å². The summed E-state index contributed by atoms with van der Waals surface area (Å²) in [5, 5.41) is 9.02. The number of hydrogen-bond acceptors (Lipinski definition) is 1. The van der Waals surface area contributed by atoms with Crippen LogP contribution < -0.4 is 0 Å².